The van der Waals surface area contributed by atoms with Gasteiger partial charge >= 0.3 is 5.97 Å². The van der Waals surface area contributed by atoms with Crippen LogP contribution in [0.4, 0.5) is 4.79 Å². The molecule has 21 heavy (non-hydrogen) atoms. The lowest BCUT2D eigenvalue weighted by Gasteiger charge is -2.04. The van der Waals surface area contributed by atoms with Gasteiger partial charge in [-0.05, 0) is 19.1 Å². The number of hydrogen-bond acceptors (Lipinski definition) is 5. The molecule has 0 radical (unpaired) electrons. The number of rotatable bonds is 5. The molecule has 2 rings (SSSR count). The number of aromatic nitrogens is 2. The van der Waals surface area contributed by atoms with Gasteiger partial charge in [0.1, 0.15) is 0 Å². The van der Waals surface area contributed by atoms with E-state index in [-0.39, 0.29) is 18.2 Å². The molecule has 0 aliphatic rings. The predicted octanol–water partition coefficient (Wildman–Crippen LogP) is 2.83. The molecule has 110 valence electrons. The molecule has 1 amide bonds. The van der Waals surface area contributed by atoms with Crippen molar-refractivity contribution in [1.29, 1.82) is 0 Å². The van der Waals surface area contributed by atoms with E-state index in [1.54, 1.807) is 6.92 Å². The summed E-state index contributed by atoms with van der Waals surface area (Å²) < 4.78 is 4.78. The summed E-state index contributed by atoms with van der Waals surface area (Å²) in [6.07, 6.45) is 0.0965. The highest BCUT2D eigenvalue weighted by molar-refractivity contribution is 8.13. The summed E-state index contributed by atoms with van der Waals surface area (Å²) in [5.74, 6) is -0.0838. The zero-order valence-electron chi connectivity index (χ0n) is 11.5. The Morgan fingerprint density at radius 3 is 2.90 bits per heavy atom. The molecule has 7 heteroatoms. The van der Waals surface area contributed by atoms with Crippen LogP contribution in [0.1, 0.15) is 13.3 Å². The number of esters is 1. The standard InChI is InChI=1S/C14H15N3O3S/c1-9(2)20-12(18)7-8-15-14(19)21-13-16-10-5-3-4-6-11(10)17-13/h3-6H,1,7-8H2,2H3,(H,15,19)(H,16,17). The van der Waals surface area contributed by atoms with Crippen LogP contribution in [0.15, 0.2) is 41.8 Å². The van der Waals surface area contributed by atoms with Gasteiger partial charge in [0.05, 0.1) is 23.2 Å². The highest BCUT2D eigenvalue weighted by atomic mass is 32.2. The molecule has 0 bridgehead atoms. The maximum absolute atomic E-state index is 11.7. The van der Waals surface area contributed by atoms with Gasteiger partial charge in [0.25, 0.3) is 5.24 Å². The third-order valence-corrected chi connectivity index (χ3v) is 3.16. The number of hydrogen-bond donors (Lipinski definition) is 2. The van der Waals surface area contributed by atoms with Crippen LogP contribution in [0.25, 0.3) is 11.0 Å². The van der Waals surface area contributed by atoms with Crippen LogP contribution in [0.3, 0.4) is 0 Å². The minimum Gasteiger partial charge on any atom is -0.432 e. The molecule has 0 aliphatic heterocycles. The Morgan fingerprint density at radius 2 is 2.19 bits per heavy atom. The van der Waals surface area contributed by atoms with Crippen molar-refractivity contribution in [1.82, 2.24) is 15.3 Å². The lowest BCUT2D eigenvalue weighted by Crippen LogP contribution is -2.22. The SMILES string of the molecule is C=C(C)OC(=O)CCNC(=O)Sc1nc2ccccc2[nH]1. The Kier molecular flexibility index (Phi) is 4.99. The number of nitrogens with zero attached hydrogens (tertiary/aromatic N) is 1. The number of benzene rings is 1. The Morgan fingerprint density at radius 1 is 1.43 bits per heavy atom. The first-order valence-corrected chi connectivity index (χ1v) is 7.13. The molecule has 2 N–H and O–H groups in total. The van der Waals surface area contributed by atoms with E-state index in [4.69, 9.17) is 4.74 Å². The van der Waals surface area contributed by atoms with Crippen molar-refractivity contribution in [3.63, 3.8) is 0 Å². The first-order chi connectivity index (χ1) is 10.0. The number of amides is 1. The fourth-order valence-electron chi connectivity index (χ4n) is 1.61. The second-order valence-electron chi connectivity index (χ2n) is 4.30. The van der Waals surface area contributed by atoms with Crippen molar-refractivity contribution in [2.45, 2.75) is 18.5 Å². The number of imidazole rings is 1. The van der Waals surface area contributed by atoms with Gasteiger partial charge < -0.3 is 15.0 Å². The highest BCUT2D eigenvalue weighted by Crippen LogP contribution is 2.19. The first kappa shape index (κ1) is 15.1. The molecular formula is C14H15N3O3S. The van der Waals surface area contributed by atoms with E-state index in [9.17, 15) is 9.59 Å². The molecule has 0 spiro atoms. The zero-order chi connectivity index (χ0) is 15.2. The zero-order valence-corrected chi connectivity index (χ0v) is 12.3. The minimum atomic E-state index is -0.420. The van der Waals surface area contributed by atoms with Crippen molar-refractivity contribution >= 4 is 34.0 Å². The van der Waals surface area contributed by atoms with Crippen molar-refractivity contribution < 1.29 is 14.3 Å². The molecular weight excluding hydrogens is 290 g/mol. The molecule has 2 aromatic rings. The van der Waals surface area contributed by atoms with Crippen LogP contribution < -0.4 is 5.32 Å². The van der Waals surface area contributed by atoms with Crippen molar-refractivity contribution in [3.8, 4) is 0 Å². The van der Waals surface area contributed by atoms with Crippen LogP contribution in [0, 0.1) is 0 Å². The molecule has 1 aromatic carbocycles. The Bertz CT molecular complexity index is 648. The summed E-state index contributed by atoms with van der Waals surface area (Å²) in [4.78, 5) is 30.3. The smallest absolute Gasteiger partial charge is 0.312 e. The molecule has 0 saturated heterocycles. The number of carbonyl (C=O) groups excluding carboxylic acids is 2. The van der Waals surface area contributed by atoms with Crippen LogP contribution in [-0.4, -0.2) is 27.7 Å². The maximum Gasteiger partial charge on any atom is 0.312 e. The van der Waals surface area contributed by atoms with Crippen molar-refractivity contribution in [3.05, 3.63) is 36.6 Å². The third kappa shape index (κ3) is 4.64. The van der Waals surface area contributed by atoms with Gasteiger partial charge in [-0.3, -0.25) is 9.59 Å². The fraction of sp³-hybridized carbons (Fsp3) is 0.214. The van der Waals surface area contributed by atoms with Gasteiger partial charge in [0.15, 0.2) is 5.16 Å². The summed E-state index contributed by atoms with van der Waals surface area (Å²) in [5.41, 5.74) is 1.68. The van der Waals surface area contributed by atoms with E-state index in [2.05, 4.69) is 21.9 Å². The van der Waals surface area contributed by atoms with E-state index in [0.717, 1.165) is 22.8 Å². The maximum atomic E-state index is 11.7. The first-order valence-electron chi connectivity index (χ1n) is 6.31. The number of H-pyrrole nitrogens is 1. The van der Waals surface area contributed by atoms with Crippen molar-refractivity contribution in [2.24, 2.45) is 0 Å². The predicted molar refractivity (Wildman–Crippen MR) is 80.9 cm³/mol. The van der Waals surface area contributed by atoms with E-state index in [0.29, 0.717) is 10.9 Å². The number of thioether (sulfide) groups is 1. The van der Waals surface area contributed by atoms with Gasteiger partial charge in [-0.25, -0.2) is 4.98 Å². The lowest BCUT2D eigenvalue weighted by molar-refractivity contribution is -0.139. The normalized spacial score (nSPS) is 10.3. The molecule has 1 aromatic heterocycles. The van der Waals surface area contributed by atoms with E-state index in [1.165, 1.54) is 0 Å². The number of carbonyl (C=O) groups is 2. The Balaban J connectivity index is 1.79. The van der Waals surface area contributed by atoms with Crippen LogP contribution in [0.2, 0.25) is 0 Å². The van der Waals surface area contributed by atoms with Gasteiger partial charge in [-0.2, -0.15) is 0 Å². The second kappa shape index (κ2) is 6.94. The summed E-state index contributed by atoms with van der Waals surface area (Å²) in [6, 6.07) is 7.52. The quantitative estimate of drug-likeness (QED) is 0.504. The fourth-order valence-corrected chi connectivity index (χ4v) is 2.27. The van der Waals surface area contributed by atoms with Gasteiger partial charge in [0.2, 0.25) is 0 Å². The second-order valence-corrected chi connectivity index (χ2v) is 5.26. The van der Waals surface area contributed by atoms with Gasteiger partial charge in [-0.1, -0.05) is 18.7 Å². The number of para-hydroxylation sites is 2. The number of nitrogens with one attached hydrogen (secondary N) is 2. The largest absolute Gasteiger partial charge is 0.432 e. The minimum absolute atomic E-state index is 0.0965. The van der Waals surface area contributed by atoms with Gasteiger partial charge in [0, 0.05) is 18.3 Å². The third-order valence-electron chi connectivity index (χ3n) is 2.44. The van der Waals surface area contributed by atoms with Crippen molar-refractivity contribution in [2.75, 3.05) is 6.54 Å². The average Bonchev–Trinajstić information content (AvgIpc) is 2.79. The molecule has 0 saturated carbocycles. The molecule has 1 heterocycles. The topological polar surface area (TPSA) is 84.1 Å². The average molecular weight is 305 g/mol. The molecule has 0 unspecified atom stereocenters. The Hall–Kier alpha value is -2.28. The molecule has 0 aliphatic carbocycles. The Labute approximate surface area is 126 Å². The van der Waals surface area contributed by atoms with Gasteiger partial charge in [-0.15, -0.1) is 0 Å². The number of ether oxygens (including phenoxy) is 1. The highest BCUT2D eigenvalue weighted by Gasteiger charge is 2.10. The van der Waals surface area contributed by atoms with E-state index < -0.39 is 5.97 Å². The lowest BCUT2D eigenvalue weighted by atomic mass is 10.3. The number of fused-ring (bicyclic) bond motifs is 1. The molecule has 6 nitrogen and oxygen atoms in total. The summed E-state index contributed by atoms with van der Waals surface area (Å²) in [6.45, 7) is 5.27. The van der Waals surface area contributed by atoms with E-state index in [1.807, 2.05) is 24.3 Å². The summed E-state index contributed by atoms with van der Waals surface area (Å²) in [5, 5.41) is 2.85. The summed E-state index contributed by atoms with van der Waals surface area (Å²) in [7, 11) is 0. The van der Waals surface area contributed by atoms with E-state index >= 15 is 0 Å². The molecule has 0 atom stereocenters. The number of allylic oxidation sites excluding steroid dienone is 1. The number of aromatic amines is 1. The van der Waals surface area contributed by atoms with Crippen LogP contribution in [-0.2, 0) is 9.53 Å². The molecule has 0 fully saturated rings. The van der Waals surface area contributed by atoms with Crippen LogP contribution in [0.5, 0.6) is 0 Å². The summed E-state index contributed by atoms with van der Waals surface area (Å²) >= 11 is 0.949. The monoisotopic (exact) mass is 305 g/mol. The van der Waals surface area contributed by atoms with Crippen LogP contribution >= 0.6 is 11.8 Å².